The topological polar surface area (TPSA) is 71.8 Å². The predicted molar refractivity (Wildman–Crippen MR) is 150 cm³/mol. The summed E-state index contributed by atoms with van der Waals surface area (Å²) in [4.78, 5) is 18.1. The largest absolute Gasteiger partial charge is 0.497 e. The van der Waals surface area contributed by atoms with Crippen LogP contribution in [0.1, 0.15) is 23.4 Å². The van der Waals surface area contributed by atoms with Gasteiger partial charge in [0.25, 0.3) is 5.56 Å². The van der Waals surface area contributed by atoms with Crippen molar-refractivity contribution in [1.82, 2.24) is 9.55 Å². The third-order valence-electron chi connectivity index (χ3n) is 7.07. The lowest BCUT2D eigenvalue weighted by Crippen LogP contribution is -2.43. The minimum Gasteiger partial charge on any atom is -0.497 e. The van der Waals surface area contributed by atoms with Gasteiger partial charge in [-0.05, 0) is 60.0 Å². The Balaban J connectivity index is 1.35. The SMILES string of the molecule is COc1ccc(COCC2(COCc3ccc(OC)cc3)CCn3c(nc4cc(Br)ccc4c3=O)C2)cc1. The number of hydrogen-bond acceptors (Lipinski definition) is 6. The Morgan fingerprint density at radius 3 is 2.00 bits per heavy atom. The summed E-state index contributed by atoms with van der Waals surface area (Å²) in [6, 6.07) is 21.4. The van der Waals surface area contributed by atoms with Crippen molar-refractivity contribution in [3.63, 3.8) is 0 Å². The average Bonchev–Trinajstić information content (AvgIpc) is 2.93. The zero-order chi connectivity index (χ0) is 26.5. The first-order valence-electron chi connectivity index (χ1n) is 12.6. The van der Waals surface area contributed by atoms with Gasteiger partial charge in [-0.25, -0.2) is 4.98 Å². The van der Waals surface area contributed by atoms with Crippen LogP contribution in [0, 0.1) is 5.41 Å². The number of rotatable bonds is 10. The molecule has 0 fully saturated rings. The Morgan fingerprint density at radius 2 is 1.45 bits per heavy atom. The van der Waals surface area contributed by atoms with E-state index in [2.05, 4.69) is 15.9 Å². The Bertz CT molecular complexity index is 1400. The number of aromatic nitrogens is 2. The minimum absolute atomic E-state index is 0.00408. The maximum atomic E-state index is 13.2. The normalized spacial score (nSPS) is 14.3. The lowest BCUT2D eigenvalue weighted by Gasteiger charge is -2.37. The van der Waals surface area contributed by atoms with Crippen molar-refractivity contribution in [1.29, 1.82) is 0 Å². The summed E-state index contributed by atoms with van der Waals surface area (Å²) >= 11 is 3.50. The molecule has 0 aliphatic carbocycles. The second-order valence-electron chi connectivity index (χ2n) is 9.75. The zero-order valence-electron chi connectivity index (χ0n) is 21.6. The molecule has 0 atom stereocenters. The number of hydrogen-bond donors (Lipinski definition) is 0. The van der Waals surface area contributed by atoms with Gasteiger partial charge in [-0.15, -0.1) is 0 Å². The number of halogens is 1. The van der Waals surface area contributed by atoms with Gasteiger partial charge in [0.15, 0.2) is 0 Å². The van der Waals surface area contributed by atoms with Crippen LogP contribution in [-0.4, -0.2) is 37.0 Å². The highest BCUT2D eigenvalue weighted by Gasteiger charge is 2.37. The van der Waals surface area contributed by atoms with Crippen LogP contribution in [0.3, 0.4) is 0 Å². The predicted octanol–water partition coefficient (Wildman–Crippen LogP) is 5.54. The summed E-state index contributed by atoms with van der Waals surface area (Å²) in [6.07, 6.45) is 1.35. The molecule has 2 heterocycles. The van der Waals surface area contributed by atoms with E-state index in [4.69, 9.17) is 23.9 Å². The maximum absolute atomic E-state index is 13.2. The van der Waals surface area contributed by atoms with Crippen LogP contribution in [-0.2, 0) is 35.7 Å². The molecular weight excluding hydrogens is 548 g/mol. The van der Waals surface area contributed by atoms with Gasteiger partial charge in [0.05, 0.1) is 51.6 Å². The number of nitrogens with zero attached hydrogens (tertiary/aromatic N) is 2. The molecule has 8 heteroatoms. The molecule has 0 spiro atoms. The lowest BCUT2D eigenvalue weighted by atomic mass is 9.80. The van der Waals surface area contributed by atoms with Crippen molar-refractivity contribution in [3.05, 3.63) is 98.5 Å². The third-order valence-corrected chi connectivity index (χ3v) is 7.56. The fourth-order valence-electron chi connectivity index (χ4n) is 4.88. The van der Waals surface area contributed by atoms with E-state index in [1.54, 1.807) is 18.8 Å². The summed E-state index contributed by atoms with van der Waals surface area (Å²) in [5.41, 5.74) is 2.54. The summed E-state index contributed by atoms with van der Waals surface area (Å²) < 4.78 is 25.7. The highest BCUT2D eigenvalue weighted by molar-refractivity contribution is 9.10. The van der Waals surface area contributed by atoms with Gasteiger partial charge in [0, 0.05) is 22.9 Å². The average molecular weight is 579 g/mol. The quantitative estimate of drug-likeness (QED) is 0.246. The van der Waals surface area contributed by atoms with Crippen LogP contribution in [0.15, 0.2) is 76.0 Å². The fraction of sp³-hybridized carbons (Fsp3) is 0.333. The van der Waals surface area contributed by atoms with Crippen molar-refractivity contribution in [2.75, 3.05) is 27.4 Å². The zero-order valence-corrected chi connectivity index (χ0v) is 23.2. The molecule has 0 amide bonds. The summed E-state index contributed by atoms with van der Waals surface area (Å²) in [7, 11) is 3.31. The van der Waals surface area contributed by atoms with Crippen LogP contribution >= 0.6 is 15.9 Å². The number of ether oxygens (including phenoxy) is 4. The number of fused-ring (bicyclic) bond motifs is 2. The van der Waals surface area contributed by atoms with Crippen molar-refractivity contribution in [2.24, 2.45) is 5.41 Å². The van der Waals surface area contributed by atoms with E-state index < -0.39 is 0 Å². The number of benzene rings is 3. The molecule has 0 radical (unpaired) electrons. The molecular formula is C30H31BrN2O5. The Morgan fingerprint density at radius 1 is 0.868 bits per heavy atom. The molecule has 0 unspecified atom stereocenters. The van der Waals surface area contributed by atoms with Crippen molar-refractivity contribution in [3.8, 4) is 11.5 Å². The van der Waals surface area contributed by atoms with E-state index >= 15 is 0 Å². The molecule has 198 valence electrons. The van der Waals surface area contributed by atoms with Crippen molar-refractivity contribution < 1.29 is 18.9 Å². The van der Waals surface area contributed by atoms with E-state index in [1.807, 2.05) is 66.7 Å². The molecule has 1 aromatic heterocycles. The first-order valence-corrected chi connectivity index (χ1v) is 13.4. The molecule has 0 bridgehead atoms. The molecule has 0 saturated carbocycles. The standard InChI is InChI=1S/C30H31BrN2O5/c1-35-24-8-3-21(4-9-24)17-37-19-30(20-38-18-22-5-10-25(36-2)11-6-22)13-14-33-28(16-30)32-27-15-23(31)7-12-26(27)29(33)34/h3-12,15H,13-14,16-20H2,1-2H3. The molecule has 38 heavy (non-hydrogen) atoms. The Hall–Kier alpha value is -3.20. The molecule has 1 aliphatic heterocycles. The molecule has 7 nitrogen and oxygen atoms in total. The summed E-state index contributed by atoms with van der Waals surface area (Å²) in [5, 5.41) is 0.635. The first kappa shape index (κ1) is 26.4. The van der Waals surface area contributed by atoms with Gasteiger partial charge >= 0.3 is 0 Å². The molecule has 0 saturated heterocycles. The molecule has 5 rings (SSSR count). The monoisotopic (exact) mass is 578 g/mol. The van der Waals surface area contributed by atoms with Crippen molar-refractivity contribution in [2.45, 2.75) is 32.6 Å². The minimum atomic E-state index is -0.307. The maximum Gasteiger partial charge on any atom is 0.261 e. The molecule has 4 aromatic rings. The van der Waals surface area contributed by atoms with Gasteiger partial charge in [0.2, 0.25) is 0 Å². The van der Waals surface area contributed by atoms with Gasteiger partial charge < -0.3 is 18.9 Å². The second-order valence-corrected chi connectivity index (χ2v) is 10.7. The Kier molecular flexibility index (Phi) is 8.12. The highest BCUT2D eigenvalue weighted by atomic mass is 79.9. The molecule has 0 N–H and O–H groups in total. The molecule has 3 aromatic carbocycles. The van der Waals surface area contributed by atoms with Crippen LogP contribution in [0.5, 0.6) is 11.5 Å². The Labute approximate surface area is 230 Å². The number of methoxy groups -OCH3 is 2. The van der Waals surface area contributed by atoms with Gasteiger partial charge in [-0.1, -0.05) is 40.2 Å². The fourth-order valence-corrected chi connectivity index (χ4v) is 5.23. The second kappa shape index (κ2) is 11.7. The van der Waals surface area contributed by atoms with E-state index in [9.17, 15) is 4.79 Å². The molecule has 1 aliphatic rings. The van der Waals surface area contributed by atoms with E-state index in [-0.39, 0.29) is 11.0 Å². The van der Waals surface area contributed by atoms with Crippen LogP contribution in [0.4, 0.5) is 0 Å². The van der Waals surface area contributed by atoms with Crippen LogP contribution in [0.2, 0.25) is 0 Å². The lowest BCUT2D eigenvalue weighted by molar-refractivity contribution is -0.0465. The van der Waals surface area contributed by atoms with Crippen LogP contribution in [0.25, 0.3) is 10.9 Å². The third kappa shape index (κ3) is 5.93. The summed E-state index contributed by atoms with van der Waals surface area (Å²) in [5.74, 6) is 2.40. The van der Waals surface area contributed by atoms with E-state index in [1.165, 1.54) is 0 Å². The van der Waals surface area contributed by atoms with Gasteiger partial charge in [0.1, 0.15) is 17.3 Å². The van der Waals surface area contributed by atoms with Crippen LogP contribution < -0.4 is 15.0 Å². The van der Waals surface area contributed by atoms with Crippen molar-refractivity contribution >= 4 is 26.8 Å². The van der Waals surface area contributed by atoms with E-state index in [0.717, 1.165) is 39.3 Å². The van der Waals surface area contributed by atoms with E-state index in [0.29, 0.717) is 50.3 Å². The smallest absolute Gasteiger partial charge is 0.261 e. The van der Waals surface area contributed by atoms with Gasteiger partial charge in [-0.3, -0.25) is 9.36 Å². The van der Waals surface area contributed by atoms with Gasteiger partial charge in [-0.2, -0.15) is 0 Å². The highest BCUT2D eigenvalue weighted by Crippen LogP contribution is 2.34. The summed E-state index contributed by atoms with van der Waals surface area (Å²) in [6.45, 7) is 2.53. The first-order chi connectivity index (χ1) is 18.5.